The van der Waals surface area contributed by atoms with Crippen LogP contribution in [-0.2, 0) is 10.0 Å². The number of nitrogens with zero attached hydrogens (tertiary/aromatic N) is 2. The summed E-state index contributed by atoms with van der Waals surface area (Å²) in [5, 5.41) is 11.3. The van der Waals surface area contributed by atoms with Crippen LogP contribution in [0.4, 0.5) is 17.3 Å². The highest BCUT2D eigenvalue weighted by atomic mass is 32.2. The molecule has 7 heteroatoms. The smallest absolute Gasteiger partial charge is 0.231 e. The maximum absolute atomic E-state index is 11.2. The molecular weight excluding hydrogens is 324 g/mol. The second-order valence-corrected chi connectivity index (χ2v) is 8.17. The summed E-state index contributed by atoms with van der Waals surface area (Å²) in [6.45, 7) is 8.59. The molecule has 2 N–H and O–H groups in total. The molecule has 0 bridgehead atoms. The van der Waals surface area contributed by atoms with Crippen molar-refractivity contribution < 1.29 is 8.42 Å². The maximum Gasteiger partial charge on any atom is 0.231 e. The van der Waals surface area contributed by atoms with Gasteiger partial charge in [-0.25, -0.2) is 8.42 Å². The van der Waals surface area contributed by atoms with Gasteiger partial charge < -0.3 is 5.32 Å². The van der Waals surface area contributed by atoms with Crippen molar-refractivity contribution in [3.8, 4) is 0 Å². The molecule has 1 aromatic carbocycles. The Kier molecular flexibility index (Phi) is 5.43. The lowest BCUT2D eigenvalue weighted by Gasteiger charge is -2.20. The second kappa shape index (κ2) is 7.17. The molecule has 0 unspecified atom stereocenters. The van der Waals surface area contributed by atoms with Crippen LogP contribution in [0.3, 0.4) is 0 Å². The maximum atomic E-state index is 11.2. The van der Waals surface area contributed by atoms with E-state index in [2.05, 4.69) is 66.1 Å². The van der Waals surface area contributed by atoms with Crippen LogP contribution in [0.15, 0.2) is 30.3 Å². The normalized spacial score (nSPS) is 11.8. The minimum absolute atomic E-state index is 0.198. The molecule has 0 saturated heterocycles. The van der Waals surface area contributed by atoms with Crippen molar-refractivity contribution in [1.82, 2.24) is 10.2 Å². The van der Waals surface area contributed by atoms with Crippen LogP contribution in [-0.4, -0.2) is 24.9 Å². The topological polar surface area (TPSA) is 84.0 Å². The van der Waals surface area contributed by atoms with Crippen LogP contribution in [0, 0.1) is 0 Å². The molecule has 130 valence electrons. The molecule has 2 aromatic rings. The van der Waals surface area contributed by atoms with Crippen LogP contribution in [0.2, 0.25) is 0 Å². The highest BCUT2D eigenvalue weighted by Crippen LogP contribution is 2.34. The van der Waals surface area contributed by atoms with E-state index in [1.807, 2.05) is 0 Å². The number of anilines is 3. The standard InChI is InChI=1S/C17H24N4O2S/c1-11(2)13-7-6-8-14(12(3)4)17(13)18-15-9-10-16(20-19-15)21-24(5,22)23/h6-12H,1-5H3,(H,18,19)(H,20,21). The predicted molar refractivity (Wildman–Crippen MR) is 98.4 cm³/mol. The summed E-state index contributed by atoms with van der Waals surface area (Å²) in [5.74, 6) is 1.50. The van der Waals surface area contributed by atoms with Crippen LogP contribution in [0.1, 0.15) is 50.7 Å². The third-order valence-corrected chi connectivity index (χ3v) is 4.16. The van der Waals surface area contributed by atoms with E-state index >= 15 is 0 Å². The van der Waals surface area contributed by atoms with Crippen molar-refractivity contribution in [2.45, 2.75) is 39.5 Å². The van der Waals surface area contributed by atoms with Gasteiger partial charge in [0.1, 0.15) is 0 Å². The largest absolute Gasteiger partial charge is 0.338 e. The lowest BCUT2D eigenvalue weighted by molar-refractivity contribution is 0.606. The Labute approximate surface area is 143 Å². The van der Waals surface area contributed by atoms with Gasteiger partial charge in [0, 0.05) is 5.69 Å². The van der Waals surface area contributed by atoms with Gasteiger partial charge in [0.2, 0.25) is 10.0 Å². The highest BCUT2D eigenvalue weighted by molar-refractivity contribution is 7.92. The molecule has 0 aliphatic heterocycles. The fourth-order valence-corrected chi connectivity index (χ4v) is 2.96. The van der Waals surface area contributed by atoms with E-state index in [0.29, 0.717) is 17.7 Å². The fourth-order valence-electron chi connectivity index (χ4n) is 2.47. The molecule has 0 radical (unpaired) electrons. The van der Waals surface area contributed by atoms with Crippen molar-refractivity contribution in [2.75, 3.05) is 16.3 Å². The van der Waals surface area contributed by atoms with Gasteiger partial charge in [-0.3, -0.25) is 4.72 Å². The van der Waals surface area contributed by atoms with Gasteiger partial charge in [-0.1, -0.05) is 45.9 Å². The first-order chi connectivity index (χ1) is 11.2. The Morgan fingerprint density at radius 3 is 1.79 bits per heavy atom. The van der Waals surface area contributed by atoms with E-state index in [1.165, 1.54) is 11.1 Å². The Morgan fingerprint density at radius 2 is 1.38 bits per heavy atom. The Bertz CT molecular complexity index is 774. The molecule has 0 spiro atoms. The zero-order valence-corrected chi connectivity index (χ0v) is 15.5. The van der Waals surface area contributed by atoms with Crippen molar-refractivity contribution in [3.63, 3.8) is 0 Å². The minimum Gasteiger partial charge on any atom is -0.338 e. The van der Waals surface area contributed by atoms with Gasteiger partial charge >= 0.3 is 0 Å². The van der Waals surface area contributed by atoms with Crippen molar-refractivity contribution in [1.29, 1.82) is 0 Å². The number of para-hydroxylation sites is 1. The van der Waals surface area contributed by atoms with Gasteiger partial charge in [0.15, 0.2) is 11.6 Å². The van der Waals surface area contributed by atoms with Crippen LogP contribution < -0.4 is 10.0 Å². The fraction of sp³-hybridized carbons (Fsp3) is 0.412. The number of sulfonamides is 1. The van der Waals surface area contributed by atoms with Gasteiger partial charge in [0.05, 0.1) is 6.26 Å². The zero-order valence-electron chi connectivity index (χ0n) is 14.7. The highest BCUT2D eigenvalue weighted by Gasteiger charge is 2.14. The summed E-state index contributed by atoms with van der Waals surface area (Å²) >= 11 is 0. The lowest BCUT2D eigenvalue weighted by atomic mass is 9.92. The monoisotopic (exact) mass is 348 g/mol. The van der Waals surface area contributed by atoms with Crippen LogP contribution >= 0.6 is 0 Å². The Balaban J connectivity index is 2.34. The average molecular weight is 348 g/mol. The molecule has 0 saturated carbocycles. The summed E-state index contributed by atoms with van der Waals surface area (Å²) in [6.07, 6.45) is 1.08. The van der Waals surface area contributed by atoms with E-state index in [9.17, 15) is 8.42 Å². The average Bonchev–Trinajstić information content (AvgIpc) is 2.47. The van der Waals surface area contributed by atoms with Gasteiger partial charge in [0.25, 0.3) is 0 Å². The number of hydrogen-bond acceptors (Lipinski definition) is 5. The lowest BCUT2D eigenvalue weighted by Crippen LogP contribution is -2.12. The SMILES string of the molecule is CC(C)c1cccc(C(C)C)c1Nc1ccc(NS(C)(=O)=O)nn1. The Hall–Kier alpha value is -2.15. The summed E-state index contributed by atoms with van der Waals surface area (Å²) in [4.78, 5) is 0. The molecule has 0 aliphatic rings. The molecular formula is C17H24N4O2S. The second-order valence-electron chi connectivity index (χ2n) is 6.42. The minimum atomic E-state index is -3.36. The quantitative estimate of drug-likeness (QED) is 0.828. The molecule has 0 aliphatic carbocycles. The van der Waals surface area contributed by atoms with E-state index in [-0.39, 0.29) is 5.82 Å². The molecule has 6 nitrogen and oxygen atoms in total. The predicted octanol–water partition coefficient (Wildman–Crippen LogP) is 3.84. The summed E-state index contributed by atoms with van der Waals surface area (Å²) < 4.78 is 24.7. The molecule has 0 fully saturated rings. The molecule has 2 rings (SSSR count). The first-order valence-electron chi connectivity index (χ1n) is 7.88. The van der Waals surface area contributed by atoms with E-state index in [0.717, 1.165) is 11.9 Å². The van der Waals surface area contributed by atoms with Crippen molar-refractivity contribution in [2.24, 2.45) is 0 Å². The van der Waals surface area contributed by atoms with Gasteiger partial charge in [-0.15, -0.1) is 10.2 Å². The van der Waals surface area contributed by atoms with E-state index in [1.54, 1.807) is 12.1 Å². The van der Waals surface area contributed by atoms with Crippen molar-refractivity contribution >= 4 is 27.3 Å². The Morgan fingerprint density at radius 1 is 0.875 bits per heavy atom. The summed E-state index contributed by atoms with van der Waals surface area (Å²) in [7, 11) is -3.36. The van der Waals surface area contributed by atoms with Gasteiger partial charge in [-0.05, 0) is 35.1 Å². The third kappa shape index (κ3) is 4.67. The molecule has 1 heterocycles. The number of aromatic nitrogens is 2. The van der Waals surface area contributed by atoms with Crippen LogP contribution in [0.5, 0.6) is 0 Å². The number of nitrogens with one attached hydrogen (secondary N) is 2. The molecule has 0 amide bonds. The van der Waals surface area contributed by atoms with E-state index < -0.39 is 10.0 Å². The van der Waals surface area contributed by atoms with Gasteiger partial charge in [-0.2, -0.15) is 0 Å². The van der Waals surface area contributed by atoms with Crippen molar-refractivity contribution in [3.05, 3.63) is 41.5 Å². The first-order valence-corrected chi connectivity index (χ1v) is 9.78. The number of rotatable bonds is 6. The molecule has 1 aromatic heterocycles. The van der Waals surface area contributed by atoms with E-state index in [4.69, 9.17) is 0 Å². The van der Waals surface area contributed by atoms with Crippen LogP contribution in [0.25, 0.3) is 0 Å². The molecule has 0 atom stereocenters. The first kappa shape index (κ1) is 18.2. The zero-order chi connectivity index (χ0) is 17.9. The summed E-state index contributed by atoms with van der Waals surface area (Å²) in [6, 6.07) is 9.57. The molecule has 24 heavy (non-hydrogen) atoms. The third-order valence-electron chi connectivity index (χ3n) is 3.58. The number of hydrogen-bond donors (Lipinski definition) is 2. The number of benzene rings is 1. The summed E-state index contributed by atoms with van der Waals surface area (Å²) in [5.41, 5.74) is 3.46.